The fourth-order valence-electron chi connectivity index (χ4n) is 4.53. The van der Waals surface area contributed by atoms with E-state index < -0.39 is 0 Å². The molecule has 1 aromatic carbocycles. The molecule has 2 heterocycles. The number of carbonyl (C=O) groups excluding carboxylic acids is 1. The third-order valence-corrected chi connectivity index (χ3v) is 6.09. The van der Waals surface area contributed by atoms with Gasteiger partial charge in [0.1, 0.15) is 5.76 Å². The van der Waals surface area contributed by atoms with Crippen molar-refractivity contribution in [3.8, 4) is 0 Å². The maximum absolute atomic E-state index is 12.6. The van der Waals surface area contributed by atoms with Crippen LogP contribution in [0.3, 0.4) is 0 Å². The number of rotatable bonds is 9. The van der Waals surface area contributed by atoms with Crippen molar-refractivity contribution in [1.82, 2.24) is 4.90 Å². The Labute approximate surface area is 175 Å². The Hall–Kier alpha value is -2.07. The number of carbonyl (C=O) groups is 1. The number of hydrogen-bond acceptors (Lipinski definition) is 3. The minimum atomic E-state index is -0.0645. The van der Waals surface area contributed by atoms with Crippen LogP contribution in [0.5, 0.6) is 0 Å². The van der Waals surface area contributed by atoms with Crippen molar-refractivity contribution in [1.29, 1.82) is 0 Å². The lowest BCUT2D eigenvalue weighted by Gasteiger charge is -2.40. The van der Waals surface area contributed by atoms with Gasteiger partial charge in [0.15, 0.2) is 0 Å². The molecule has 0 spiro atoms. The average molecular weight is 398 g/mol. The standard InChI is InChI=1S/C25H35NO3/c1-4-24(27)26(19-23-11-8-15-28-23)14-12-21(17-20-9-6-5-7-10-20)22-13-16-29-25(2,3)18-22/h5-11,15,21-22H,4,12-14,16-19H2,1-3H3/t21-,22+/m1/s1. The van der Waals surface area contributed by atoms with Crippen molar-refractivity contribution in [3.05, 3.63) is 60.1 Å². The fourth-order valence-corrected chi connectivity index (χ4v) is 4.53. The van der Waals surface area contributed by atoms with Gasteiger partial charge in [0.05, 0.1) is 18.4 Å². The second-order valence-corrected chi connectivity index (χ2v) is 8.85. The summed E-state index contributed by atoms with van der Waals surface area (Å²) in [6.07, 6.45) is 6.42. The zero-order valence-electron chi connectivity index (χ0n) is 18.1. The maximum atomic E-state index is 12.6. The molecule has 2 aromatic rings. The first-order valence-electron chi connectivity index (χ1n) is 10.9. The smallest absolute Gasteiger partial charge is 0.222 e. The predicted octanol–water partition coefficient (Wildman–Crippen LogP) is 5.47. The summed E-state index contributed by atoms with van der Waals surface area (Å²) >= 11 is 0. The zero-order valence-corrected chi connectivity index (χ0v) is 18.1. The topological polar surface area (TPSA) is 42.7 Å². The highest BCUT2D eigenvalue weighted by Crippen LogP contribution is 2.36. The second kappa shape index (κ2) is 10.1. The molecule has 0 radical (unpaired) electrons. The Balaban J connectivity index is 1.71. The highest BCUT2D eigenvalue weighted by Gasteiger charge is 2.33. The van der Waals surface area contributed by atoms with E-state index in [1.54, 1.807) is 6.26 Å². The van der Waals surface area contributed by atoms with E-state index in [1.807, 2.05) is 24.0 Å². The Morgan fingerprint density at radius 2 is 2.00 bits per heavy atom. The Morgan fingerprint density at radius 3 is 2.66 bits per heavy atom. The second-order valence-electron chi connectivity index (χ2n) is 8.85. The van der Waals surface area contributed by atoms with Crippen molar-refractivity contribution < 1.29 is 13.9 Å². The molecule has 2 atom stereocenters. The van der Waals surface area contributed by atoms with Crippen LogP contribution in [0.15, 0.2) is 53.1 Å². The summed E-state index contributed by atoms with van der Waals surface area (Å²) in [5, 5.41) is 0. The predicted molar refractivity (Wildman–Crippen MR) is 115 cm³/mol. The molecular formula is C25H35NO3. The van der Waals surface area contributed by atoms with Gasteiger partial charge in [0.2, 0.25) is 5.91 Å². The Morgan fingerprint density at radius 1 is 1.21 bits per heavy atom. The number of ether oxygens (including phenoxy) is 1. The van der Waals surface area contributed by atoms with Crippen molar-refractivity contribution >= 4 is 5.91 Å². The normalized spacial score (nSPS) is 19.6. The van der Waals surface area contributed by atoms with Gasteiger partial charge in [-0.25, -0.2) is 0 Å². The van der Waals surface area contributed by atoms with E-state index in [0.29, 0.717) is 24.8 Å². The molecule has 1 aliphatic heterocycles. The lowest BCUT2D eigenvalue weighted by molar-refractivity contribution is -0.132. The van der Waals surface area contributed by atoms with Gasteiger partial charge in [-0.2, -0.15) is 0 Å². The first-order valence-corrected chi connectivity index (χ1v) is 10.9. The first kappa shape index (κ1) is 21.6. The largest absolute Gasteiger partial charge is 0.467 e. The fraction of sp³-hybridized carbons (Fsp3) is 0.560. The Kier molecular flexibility index (Phi) is 7.54. The van der Waals surface area contributed by atoms with Gasteiger partial charge < -0.3 is 14.1 Å². The molecule has 0 unspecified atom stereocenters. The molecular weight excluding hydrogens is 362 g/mol. The molecule has 1 aromatic heterocycles. The van der Waals surface area contributed by atoms with Crippen LogP contribution in [0.4, 0.5) is 0 Å². The summed E-state index contributed by atoms with van der Waals surface area (Å²) in [4.78, 5) is 14.5. The van der Waals surface area contributed by atoms with E-state index in [0.717, 1.165) is 44.6 Å². The average Bonchev–Trinajstić information content (AvgIpc) is 3.22. The van der Waals surface area contributed by atoms with Crippen molar-refractivity contribution in [2.24, 2.45) is 11.8 Å². The zero-order chi connectivity index (χ0) is 20.7. The lowest BCUT2D eigenvalue weighted by Crippen LogP contribution is -2.39. The summed E-state index contributed by atoms with van der Waals surface area (Å²) in [5.41, 5.74) is 1.31. The van der Waals surface area contributed by atoms with E-state index in [4.69, 9.17) is 9.15 Å². The molecule has 1 saturated heterocycles. The minimum Gasteiger partial charge on any atom is -0.467 e. The van der Waals surface area contributed by atoms with Gasteiger partial charge in [-0.1, -0.05) is 37.3 Å². The molecule has 1 aliphatic rings. The molecule has 4 heteroatoms. The van der Waals surface area contributed by atoms with E-state index >= 15 is 0 Å². The van der Waals surface area contributed by atoms with Crippen LogP contribution >= 0.6 is 0 Å². The minimum absolute atomic E-state index is 0.0645. The molecule has 1 amide bonds. The van der Waals surface area contributed by atoms with Crippen LogP contribution in [0, 0.1) is 11.8 Å². The molecule has 4 nitrogen and oxygen atoms in total. The van der Waals surface area contributed by atoms with Crippen molar-refractivity contribution in [2.75, 3.05) is 13.2 Å². The van der Waals surface area contributed by atoms with Gasteiger partial charge in [0, 0.05) is 19.6 Å². The van der Waals surface area contributed by atoms with E-state index in [2.05, 4.69) is 44.2 Å². The molecule has 158 valence electrons. The molecule has 1 fully saturated rings. The van der Waals surface area contributed by atoms with Gasteiger partial charge >= 0.3 is 0 Å². The quantitative estimate of drug-likeness (QED) is 0.563. The van der Waals surface area contributed by atoms with E-state index in [-0.39, 0.29) is 11.5 Å². The van der Waals surface area contributed by atoms with Crippen LogP contribution < -0.4 is 0 Å². The lowest BCUT2D eigenvalue weighted by atomic mass is 9.75. The summed E-state index contributed by atoms with van der Waals surface area (Å²) in [6.45, 7) is 8.47. The van der Waals surface area contributed by atoms with Crippen LogP contribution in [-0.4, -0.2) is 29.6 Å². The van der Waals surface area contributed by atoms with Crippen LogP contribution in [-0.2, 0) is 22.5 Å². The molecule has 0 bridgehead atoms. The molecule has 29 heavy (non-hydrogen) atoms. The number of benzene rings is 1. The third kappa shape index (κ3) is 6.46. The van der Waals surface area contributed by atoms with Crippen molar-refractivity contribution in [2.45, 2.75) is 65.0 Å². The summed E-state index contributed by atoms with van der Waals surface area (Å²) in [7, 11) is 0. The van der Waals surface area contributed by atoms with Crippen LogP contribution in [0.2, 0.25) is 0 Å². The number of nitrogens with zero attached hydrogens (tertiary/aromatic N) is 1. The van der Waals surface area contributed by atoms with Gasteiger partial charge in [-0.05, 0) is 69.1 Å². The monoisotopic (exact) mass is 397 g/mol. The maximum Gasteiger partial charge on any atom is 0.222 e. The SMILES string of the molecule is CCC(=O)N(CC[C@H](Cc1ccccc1)[C@H]1CCOC(C)(C)C1)Cc1ccco1. The van der Waals surface area contributed by atoms with E-state index in [9.17, 15) is 4.79 Å². The van der Waals surface area contributed by atoms with Gasteiger partial charge in [-0.3, -0.25) is 4.79 Å². The summed E-state index contributed by atoms with van der Waals surface area (Å²) < 4.78 is 11.5. The third-order valence-electron chi connectivity index (χ3n) is 6.09. The first-order chi connectivity index (χ1) is 14.0. The van der Waals surface area contributed by atoms with E-state index in [1.165, 1.54) is 5.56 Å². The van der Waals surface area contributed by atoms with Crippen LogP contribution in [0.1, 0.15) is 57.8 Å². The van der Waals surface area contributed by atoms with Gasteiger partial charge in [-0.15, -0.1) is 0 Å². The highest BCUT2D eigenvalue weighted by molar-refractivity contribution is 5.75. The van der Waals surface area contributed by atoms with Crippen LogP contribution in [0.25, 0.3) is 0 Å². The summed E-state index contributed by atoms with van der Waals surface area (Å²) in [5.74, 6) is 2.18. The number of furan rings is 1. The molecule has 3 rings (SSSR count). The summed E-state index contributed by atoms with van der Waals surface area (Å²) in [6, 6.07) is 14.6. The molecule has 0 N–H and O–H groups in total. The molecule has 0 aliphatic carbocycles. The number of hydrogen-bond donors (Lipinski definition) is 0. The van der Waals surface area contributed by atoms with Gasteiger partial charge in [0.25, 0.3) is 0 Å². The number of amides is 1. The highest BCUT2D eigenvalue weighted by atomic mass is 16.5. The van der Waals surface area contributed by atoms with Crippen molar-refractivity contribution in [3.63, 3.8) is 0 Å². The molecule has 0 saturated carbocycles. The Bertz CT molecular complexity index is 739.